The fourth-order valence-corrected chi connectivity index (χ4v) is 3.04. The molecule has 2 amide bonds. The van der Waals surface area contributed by atoms with Gasteiger partial charge in [-0.1, -0.05) is 24.9 Å². The van der Waals surface area contributed by atoms with Crippen LogP contribution in [0, 0.1) is 5.92 Å². The van der Waals surface area contributed by atoms with Gasteiger partial charge in [-0.3, -0.25) is 9.59 Å². The molecule has 0 bridgehead atoms. The highest BCUT2D eigenvalue weighted by molar-refractivity contribution is 6.25. The Kier molecular flexibility index (Phi) is 4.43. The van der Waals surface area contributed by atoms with E-state index in [9.17, 15) is 9.59 Å². The summed E-state index contributed by atoms with van der Waals surface area (Å²) in [5.74, 6) is 0.288. The number of piperazine rings is 1. The predicted molar refractivity (Wildman–Crippen MR) is 79.3 cm³/mol. The average Bonchev–Trinajstić information content (AvgIpc) is 3.25. The zero-order valence-electron chi connectivity index (χ0n) is 12.4. The summed E-state index contributed by atoms with van der Waals surface area (Å²) in [5, 5.41) is 2.92. The van der Waals surface area contributed by atoms with Gasteiger partial charge in [-0.2, -0.15) is 0 Å². The molecule has 1 N–H and O–H groups in total. The van der Waals surface area contributed by atoms with Crippen molar-refractivity contribution in [3.63, 3.8) is 0 Å². The number of nitrogens with one attached hydrogen (secondary N) is 1. The number of halogens is 1. The maximum Gasteiger partial charge on any atom is 0.246 e. The molecule has 1 aliphatic carbocycles. The van der Waals surface area contributed by atoms with Crippen molar-refractivity contribution in [3.05, 3.63) is 11.1 Å². The van der Waals surface area contributed by atoms with Crippen LogP contribution in [-0.2, 0) is 9.59 Å². The Hall–Kier alpha value is -1.03. The molecule has 1 saturated carbocycles. The van der Waals surface area contributed by atoms with Crippen molar-refractivity contribution in [2.45, 2.75) is 58.0 Å². The van der Waals surface area contributed by atoms with E-state index in [1.54, 1.807) is 4.90 Å². The third-order valence-corrected chi connectivity index (χ3v) is 4.81. The first-order chi connectivity index (χ1) is 9.44. The van der Waals surface area contributed by atoms with Gasteiger partial charge in [0, 0.05) is 12.1 Å². The van der Waals surface area contributed by atoms with Crippen molar-refractivity contribution in [3.8, 4) is 0 Å². The zero-order valence-corrected chi connectivity index (χ0v) is 13.2. The molecule has 2 atom stereocenters. The van der Waals surface area contributed by atoms with E-state index in [-0.39, 0.29) is 23.8 Å². The molecule has 0 radical (unpaired) electrons. The highest BCUT2D eigenvalue weighted by Gasteiger charge is 2.56. The van der Waals surface area contributed by atoms with Gasteiger partial charge in [0.2, 0.25) is 11.8 Å². The van der Waals surface area contributed by atoms with Crippen LogP contribution in [0.5, 0.6) is 0 Å². The van der Waals surface area contributed by atoms with E-state index in [4.69, 9.17) is 11.6 Å². The van der Waals surface area contributed by atoms with Crippen molar-refractivity contribution in [1.29, 1.82) is 0 Å². The molecule has 0 aromatic heterocycles. The van der Waals surface area contributed by atoms with Crippen LogP contribution in [0.15, 0.2) is 11.1 Å². The number of carbonyl (C=O) groups is 2. The molecule has 4 nitrogen and oxygen atoms in total. The largest absolute Gasteiger partial charge is 0.342 e. The quantitative estimate of drug-likeness (QED) is 0.847. The third kappa shape index (κ3) is 2.58. The summed E-state index contributed by atoms with van der Waals surface area (Å²) in [6.45, 7) is 6.22. The fourth-order valence-electron chi connectivity index (χ4n) is 2.97. The SMILES string of the molecule is CCCC1NC(=O)C(C)(C2CC2)N(CC(C)=CCl)C1=O. The molecule has 0 aromatic rings. The van der Waals surface area contributed by atoms with Crippen LogP contribution >= 0.6 is 11.6 Å². The summed E-state index contributed by atoms with van der Waals surface area (Å²) in [5.41, 5.74) is 1.67. The summed E-state index contributed by atoms with van der Waals surface area (Å²) in [6, 6.07) is -0.387. The molecule has 0 aromatic carbocycles. The van der Waals surface area contributed by atoms with Gasteiger partial charge in [-0.15, -0.1) is 0 Å². The second-order valence-corrected chi connectivity index (χ2v) is 6.33. The van der Waals surface area contributed by atoms with Gasteiger partial charge in [0.25, 0.3) is 0 Å². The van der Waals surface area contributed by atoms with Gasteiger partial charge < -0.3 is 10.2 Å². The van der Waals surface area contributed by atoms with Crippen LogP contribution in [0.2, 0.25) is 0 Å². The molecule has 5 heteroatoms. The van der Waals surface area contributed by atoms with Crippen molar-refractivity contribution in [1.82, 2.24) is 10.2 Å². The Labute approximate surface area is 125 Å². The van der Waals surface area contributed by atoms with Crippen LogP contribution in [-0.4, -0.2) is 34.8 Å². The number of carbonyl (C=O) groups excluding carboxylic acids is 2. The summed E-state index contributed by atoms with van der Waals surface area (Å²) in [6.07, 6.45) is 3.58. The monoisotopic (exact) mass is 298 g/mol. The first kappa shape index (κ1) is 15.4. The Morgan fingerprint density at radius 3 is 2.65 bits per heavy atom. The van der Waals surface area contributed by atoms with Crippen LogP contribution in [0.3, 0.4) is 0 Å². The maximum atomic E-state index is 12.7. The van der Waals surface area contributed by atoms with Gasteiger partial charge in [-0.05, 0) is 44.6 Å². The second kappa shape index (κ2) is 5.76. The minimum absolute atomic E-state index is 0.0135. The molecule has 1 aliphatic heterocycles. The van der Waals surface area contributed by atoms with Crippen molar-refractivity contribution in [2.24, 2.45) is 5.92 Å². The van der Waals surface area contributed by atoms with Crippen LogP contribution in [0.1, 0.15) is 46.5 Å². The van der Waals surface area contributed by atoms with Gasteiger partial charge in [0.1, 0.15) is 11.6 Å². The van der Waals surface area contributed by atoms with E-state index in [0.717, 1.165) is 24.8 Å². The highest BCUT2D eigenvalue weighted by Crippen LogP contribution is 2.45. The molecule has 0 spiro atoms. The van der Waals surface area contributed by atoms with Crippen molar-refractivity contribution in [2.75, 3.05) is 6.54 Å². The summed E-state index contributed by atoms with van der Waals surface area (Å²) in [4.78, 5) is 27.0. The Morgan fingerprint density at radius 2 is 2.15 bits per heavy atom. The number of rotatable bonds is 5. The molecular formula is C15H23ClN2O2. The van der Waals surface area contributed by atoms with Crippen LogP contribution in [0.25, 0.3) is 0 Å². The summed E-state index contributed by atoms with van der Waals surface area (Å²) in [7, 11) is 0. The normalized spacial score (nSPS) is 31.5. The lowest BCUT2D eigenvalue weighted by atomic mass is 9.87. The van der Waals surface area contributed by atoms with Gasteiger partial charge in [0.05, 0.1) is 0 Å². The van der Waals surface area contributed by atoms with E-state index in [1.165, 1.54) is 5.54 Å². The van der Waals surface area contributed by atoms with Crippen molar-refractivity contribution >= 4 is 23.4 Å². The molecule has 20 heavy (non-hydrogen) atoms. The Morgan fingerprint density at radius 1 is 1.50 bits per heavy atom. The number of hydrogen-bond acceptors (Lipinski definition) is 2. The first-order valence-corrected chi connectivity index (χ1v) is 7.77. The lowest BCUT2D eigenvalue weighted by molar-refractivity contribution is -0.157. The summed E-state index contributed by atoms with van der Waals surface area (Å²) >= 11 is 5.74. The molecule has 112 valence electrons. The van der Waals surface area contributed by atoms with Gasteiger partial charge in [0.15, 0.2) is 0 Å². The molecule has 2 fully saturated rings. The van der Waals surface area contributed by atoms with Crippen LogP contribution in [0.4, 0.5) is 0 Å². The van der Waals surface area contributed by atoms with E-state index >= 15 is 0 Å². The standard InChI is InChI=1S/C15H23ClN2O2/c1-4-5-12-13(19)18(9-10(2)8-16)15(3,11-6-7-11)14(20)17-12/h8,11-12H,4-7,9H2,1-3H3,(H,17,20). The number of nitrogens with zero attached hydrogens (tertiary/aromatic N) is 1. The van der Waals surface area contributed by atoms with E-state index < -0.39 is 5.54 Å². The zero-order chi connectivity index (χ0) is 14.9. The smallest absolute Gasteiger partial charge is 0.246 e. The topological polar surface area (TPSA) is 49.4 Å². The van der Waals surface area contributed by atoms with Gasteiger partial charge >= 0.3 is 0 Å². The molecular weight excluding hydrogens is 276 g/mol. The fraction of sp³-hybridized carbons (Fsp3) is 0.733. The Bertz CT molecular complexity index is 445. The minimum Gasteiger partial charge on any atom is -0.342 e. The van der Waals surface area contributed by atoms with E-state index in [1.807, 2.05) is 20.8 Å². The molecule has 1 heterocycles. The highest BCUT2D eigenvalue weighted by atomic mass is 35.5. The maximum absolute atomic E-state index is 12.7. The lowest BCUT2D eigenvalue weighted by Crippen LogP contribution is -2.70. The average molecular weight is 299 g/mol. The predicted octanol–water partition coefficient (Wildman–Crippen LogP) is 2.42. The number of amides is 2. The lowest BCUT2D eigenvalue weighted by Gasteiger charge is -2.47. The molecule has 2 unspecified atom stereocenters. The van der Waals surface area contributed by atoms with E-state index in [2.05, 4.69) is 5.32 Å². The summed E-state index contributed by atoms with van der Waals surface area (Å²) < 4.78 is 0. The third-order valence-electron chi connectivity index (χ3n) is 4.43. The molecule has 2 aliphatic rings. The van der Waals surface area contributed by atoms with Crippen LogP contribution < -0.4 is 5.32 Å². The minimum atomic E-state index is -0.720. The molecule has 2 rings (SSSR count). The molecule has 1 saturated heterocycles. The number of hydrogen-bond donors (Lipinski definition) is 1. The van der Waals surface area contributed by atoms with E-state index in [0.29, 0.717) is 13.0 Å². The second-order valence-electron chi connectivity index (χ2n) is 6.12. The van der Waals surface area contributed by atoms with Gasteiger partial charge in [-0.25, -0.2) is 0 Å². The van der Waals surface area contributed by atoms with Crippen molar-refractivity contribution < 1.29 is 9.59 Å². The first-order valence-electron chi connectivity index (χ1n) is 7.33. The Balaban J connectivity index is 2.30.